The molecule has 1 nitrogen and oxygen atoms in total. The summed E-state index contributed by atoms with van der Waals surface area (Å²) < 4.78 is 0. The maximum atomic E-state index is 10.2. The molecule has 1 aromatic carbocycles. The summed E-state index contributed by atoms with van der Waals surface area (Å²) in [6, 6.07) is 7.74. The molecule has 1 N–H and O–H groups in total. The van der Waals surface area contributed by atoms with E-state index in [1.54, 1.807) is 0 Å². The van der Waals surface area contributed by atoms with Crippen molar-refractivity contribution in [2.45, 2.75) is 51.9 Å². The average Bonchev–Trinajstić information content (AvgIpc) is 2.40. The Kier molecular flexibility index (Phi) is 6.59. The summed E-state index contributed by atoms with van der Waals surface area (Å²) in [7, 11) is -1.41. The van der Waals surface area contributed by atoms with E-state index in [4.69, 9.17) is 0 Å². The lowest BCUT2D eigenvalue weighted by Gasteiger charge is -2.08. The molecule has 2 heteroatoms. The van der Waals surface area contributed by atoms with Crippen molar-refractivity contribution in [1.82, 2.24) is 0 Å². The molecule has 0 bridgehead atoms. The zero-order valence-corrected chi connectivity index (χ0v) is 14.0. The molecule has 1 rings (SSSR count). The molecule has 106 valence electrons. The third-order valence-corrected chi connectivity index (χ3v) is 3.60. The third-order valence-electron chi connectivity index (χ3n) is 2.72. The number of unbranched alkanes of at least 4 members (excludes halogenated alkanes) is 2. The smallest absolute Gasteiger partial charge is 0.141 e. The van der Waals surface area contributed by atoms with E-state index in [-0.39, 0.29) is 0 Å². The molecule has 0 radical (unpaired) electrons. The summed E-state index contributed by atoms with van der Waals surface area (Å²) in [5, 5.41) is 10.2. The Hall–Kier alpha value is -1.48. The lowest BCUT2D eigenvalue weighted by atomic mass is 10.0. The van der Waals surface area contributed by atoms with Crippen molar-refractivity contribution >= 4 is 8.07 Å². The highest BCUT2D eigenvalue weighted by atomic mass is 28.3. The molecule has 0 spiro atoms. The first-order valence-electron chi connectivity index (χ1n) is 7.22. The lowest BCUT2D eigenvalue weighted by molar-refractivity contribution is 0.238. The number of aliphatic hydroxyl groups is 1. The van der Waals surface area contributed by atoms with E-state index in [0.29, 0.717) is 0 Å². The molecule has 0 fully saturated rings. The van der Waals surface area contributed by atoms with Crippen molar-refractivity contribution in [1.29, 1.82) is 0 Å². The van der Waals surface area contributed by atoms with E-state index in [9.17, 15) is 5.11 Å². The van der Waals surface area contributed by atoms with Crippen LogP contribution in [0.3, 0.4) is 0 Å². The van der Waals surface area contributed by atoms with Crippen LogP contribution in [0.1, 0.15) is 43.4 Å². The first-order chi connectivity index (χ1) is 9.44. The minimum absolute atomic E-state index is 0.737. The van der Waals surface area contributed by atoms with Gasteiger partial charge in [0.2, 0.25) is 0 Å². The second-order valence-corrected chi connectivity index (χ2v) is 10.7. The summed E-state index contributed by atoms with van der Waals surface area (Å²) in [6.45, 7) is 8.77. The Bertz CT molecular complexity index is 546. The predicted molar refractivity (Wildman–Crippen MR) is 88.9 cm³/mol. The monoisotopic (exact) mass is 284 g/mol. The van der Waals surface area contributed by atoms with Gasteiger partial charge in [-0.1, -0.05) is 63.0 Å². The Morgan fingerprint density at radius 1 is 1.20 bits per heavy atom. The Morgan fingerprint density at radius 3 is 2.55 bits per heavy atom. The molecule has 1 atom stereocenters. The van der Waals surface area contributed by atoms with Crippen LogP contribution in [0.15, 0.2) is 24.3 Å². The van der Waals surface area contributed by atoms with Crippen LogP contribution in [0.25, 0.3) is 0 Å². The average molecular weight is 284 g/mol. The summed E-state index contributed by atoms with van der Waals surface area (Å²) in [5.74, 6) is 9.18. The van der Waals surface area contributed by atoms with Crippen LogP contribution >= 0.6 is 0 Å². The molecular weight excluding hydrogens is 260 g/mol. The highest BCUT2D eigenvalue weighted by Gasteiger charge is 2.10. The fourth-order valence-corrected chi connectivity index (χ4v) is 2.13. The fraction of sp³-hybridized carbons (Fsp3) is 0.444. The third kappa shape index (κ3) is 6.11. The summed E-state index contributed by atoms with van der Waals surface area (Å²) in [4.78, 5) is 0. The van der Waals surface area contributed by atoms with Crippen LogP contribution < -0.4 is 0 Å². The van der Waals surface area contributed by atoms with Crippen molar-refractivity contribution in [2.24, 2.45) is 0 Å². The molecule has 1 aromatic rings. The fourth-order valence-electron chi connectivity index (χ4n) is 1.62. The molecule has 20 heavy (non-hydrogen) atoms. The minimum atomic E-state index is -1.41. The van der Waals surface area contributed by atoms with Crippen molar-refractivity contribution < 1.29 is 5.11 Å². The quantitative estimate of drug-likeness (QED) is 0.502. The Balaban J connectivity index is 2.94. The molecule has 0 aliphatic rings. The topological polar surface area (TPSA) is 20.2 Å². The van der Waals surface area contributed by atoms with Crippen LogP contribution in [0.4, 0.5) is 0 Å². The Labute approximate surface area is 124 Å². The largest absolute Gasteiger partial charge is 0.376 e. The second kappa shape index (κ2) is 7.95. The van der Waals surface area contributed by atoms with Crippen LogP contribution in [-0.4, -0.2) is 13.2 Å². The molecular formula is C18H24OSi. The van der Waals surface area contributed by atoms with Crippen LogP contribution in [-0.2, 0) is 0 Å². The van der Waals surface area contributed by atoms with Gasteiger partial charge in [-0.3, -0.25) is 0 Å². The summed E-state index contributed by atoms with van der Waals surface area (Å²) in [5.41, 5.74) is 5.06. The van der Waals surface area contributed by atoms with Crippen LogP contribution in [0.2, 0.25) is 19.6 Å². The zero-order chi connectivity index (χ0) is 15.0. The van der Waals surface area contributed by atoms with Crippen molar-refractivity contribution in [3.63, 3.8) is 0 Å². The predicted octanol–water partition coefficient (Wildman–Crippen LogP) is 4.14. The van der Waals surface area contributed by atoms with E-state index >= 15 is 0 Å². The zero-order valence-electron chi connectivity index (χ0n) is 13.0. The molecule has 0 aliphatic heterocycles. The van der Waals surface area contributed by atoms with Gasteiger partial charge in [0.1, 0.15) is 14.2 Å². The second-order valence-electron chi connectivity index (χ2n) is 5.91. The van der Waals surface area contributed by atoms with Gasteiger partial charge in [0.05, 0.1) is 0 Å². The lowest BCUT2D eigenvalue weighted by Crippen LogP contribution is -2.16. The number of benzene rings is 1. The van der Waals surface area contributed by atoms with E-state index in [2.05, 4.69) is 49.9 Å². The normalized spacial score (nSPS) is 11.8. The maximum absolute atomic E-state index is 10.2. The minimum Gasteiger partial charge on any atom is -0.376 e. The number of hydrogen-bond donors (Lipinski definition) is 1. The number of aliphatic hydroxyl groups excluding tert-OH is 1. The van der Waals surface area contributed by atoms with Gasteiger partial charge in [-0.05, 0) is 12.5 Å². The molecule has 0 saturated carbocycles. The Morgan fingerprint density at radius 2 is 1.90 bits per heavy atom. The molecule has 1 unspecified atom stereocenters. The molecule has 0 heterocycles. The van der Waals surface area contributed by atoms with Gasteiger partial charge in [-0.25, -0.2) is 0 Å². The summed E-state index contributed by atoms with van der Waals surface area (Å²) in [6.07, 6.45) is 2.31. The number of rotatable bonds is 3. The summed E-state index contributed by atoms with van der Waals surface area (Å²) >= 11 is 0. The van der Waals surface area contributed by atoms with Gasteiger partial charge >= 0.3 is 0 Å². The first-order valence-corrected chi connectivity index (χ1v) is 10.7. The molecule has 0 aliphatic carbocycles. The van der Waals surface area contributed by atoms with Crippen molar-refractivity contribution in [3.05, 3.63) is 35.4 Å². The van der Waals surface area contributed by atoms with Gasteiger partial charge < -0.3 is 5.11 Å². The SMILES string of the molecule is CCCCC#CC(O)c1ccccc1C#C[Si](C)(C)C. The van der Waals surface area contributed by atoms with Gasteiger partial charge in [0.25, 0.3) is 0 Å². The van der Waals surface area contributed by atoms with Crippen LogP contribution in [0, 0.1) is 23.3 Å². The highest BCUT2D eigenvalue weighted by molar-refractivity contribution is 6.83. The van der Waals surface area contributed by atoms with Gasteiger partial charge in [0, 0.05) is 17.5 Å². The first kappa shape index (κ1) is 16.6. The van der Waals surface area contributed by atoms with Crippen LogP contribution in [0.5, 0.6) is 0 Å². The standard InChI is InChI=1S/C18H24OSi/c1-5-6-7-8-13-18(19)17-12-10-9-11-16(17)14-15-20(2,3)4/h9-12,18-19H,5-7H2,1-4H3. The van der Waals surface area contributed by atoms with Crippen molar-refractivity contribution in [3.8, 4) is 23.3 Å². The van der Waals surface area contributed by atoms with E-state index in [1.807, 2.05) is 24.3 Å². The van der Waals surface area contributed by atoms with Gasteiger partial charge in [-0.2, -0.15) is 0 Å². The van der Waals surface area contributed by atoms with Gasteiger partial charge in [-0.15, -0.1) is 11.5 Å². The van der Waals surface area contributed by atoms with E-state index < -0.39 is 14.2 Å². The molecule has 0 amide bonds. The van der Waals surface area contributed by atoms with E-state index in [1.165, 1.54) is 0 Å². The number of hydrogen-bond acceptors (Lipinski definition) is 1. The molecule has 0 aromatic heterocycles. The van der Waals surface area contributed by atoms with Crippen molar-refractivity contribution in [2.75, 3.05) is 0 Å². The van der Waals surface area contributed by atoms with Gasteiger partial charge in [0.15, 0.2) is 0 Å². The molecule has 0 saturated heterocycles. The van der Waals surface area contributed by atoms with E-state index in [0.717, 1.165) is 30.4 Å². The maximum Gasteiger partial charge on any atom is 0.141 e. The highest BCUT2D eigenvalue weighted by Crippen LogP contribution is 2.17.